The Balaban J connectivity index is 1.93. The second kappa shape index (κ2) is 10.9. The molecular formula is C21H24FN9O3. The number of methoxy groups -OCH3 is 1. The second-order valence-electron chi connectivity index (χ2n) is 7.33. The maximum absolute atomic E-state index is 14.7. The Hall–Kier alpha value is -4.47. The fourth-order valence-corrected chi connectivity index (χ4v) is 3.30. The number of ether oxygens (including phenoxy) is 1. The fourth-order valence-electron chi connectivity index (χ4n) is 3.30. The lowest BCUT2D eigenvalue weighted by Crippen LogP contribution is -2.44. The van der Waals surface area contributed by atoms with Crippen LogP contribution in [0.15, 0.2) is 30.7 Å². The second-order valence-corrected chi connectivity index (χ2v) is 7.33. The summed E-state index contributed by atoms with van der Waals surface area (Å²) >= 11 is 0. The highest BCUT2D eigenvalue weighted by Crippen LogP contribution is 2.28. The van der Waals surface area contributed by atoms with E-state index in [1.54, 1.807) is 19.2 Å². The average molecular weight is 469 g/mol. The SMILES string of the molecule is CCC[C@H](Nc1nc(Nc2cnc(OC)c(-n3ccnn3)c2)c(C#N)cc1F)[C@H](C)NC(=O)O. The number of anilines is 3. The van der Waals surface area contributed by atoms with Crippen molar-refractivity contribution in [3.05, 3.63) is 42.1 Å². The van der Waals surface area contributed by atoms with E-state index >= 15 is 0 Å². The number of nitrogens with one attached hydrogen (secondary N) is 3. The summed E-state index contributed by atoms with van der Waals surface area (Å²) in [6.07, 6.45) is 4.70. The molecule has 4 N–H and O–H groups in total. The number of hydrogen-bond donors (Lipinski definition) is 4. The Morgan fingerprint density at radius 2 is 2.18 bits per heavy atom. The molecule has 12 nitrogen and oxygen atoms in total. The van der Waals surface area contributed by atoms with Gasteiger partial charge in [-0.15, -0.1) is 5.10 Å². The standard InChI is InChI=1S/C21H24FN9O3/c1-4-5-16(12(2)26-21(32)33)28-19-15(22)8-13(10-23)18(29-19)27-14-9-17(20(34-3)24-11-14)31-7-6-25-30-31/h6-9,11-12,16,26H,4-5H2,1-3H3,(H,32,33)(H2,27,28,29)/t12-,16-/m0/s1. The minimum atomic E-state index is -1.18. The number of rotatable bonds is 10. The Kier molecular flexibility index (Phi) is 7.75. The van der Waals surface area contributed by atoms with Gasteiger partial charge in [0.15, 0.2) is 17.5 Å². The van der Waals surface area contributed by atoms with Crippen LogP contribution in [-0.2, 0) is 0 Å². The zero-order valence-electron chi connectivity index (χ0n) is 18.8. The van der Waals surface area contributed by atoms with Crippen molar-refractivity contribution in [2.24, 2.45) is 0 Å². The van der Waals surface area contributed by atoms with E-state index in [0.29, 0.717) is 23.7 Å². The molecule has 3 aromatic heterocycles. The minimum Gasteiger partial charge on any atom is -0.479 e. The number of carbonyl (C=O) groups is 1. The van der Waals surface area contributed by atoms with Crippen molar-refractivity contribution in [1.29, 1.82) is 5.26 Å². The van der Waals surface area contributed by atoms with E-state index in [2.05, 4.69) is 36.2 Å². The van der Waals surface area contributed by atoms with Crippen LogP contribution in [0.4, 0.5) is 26.5 Å². The molecule has 0 aromatic carbocycles. The first-order valence-corrected chi connectivity index (χ1v) is 10.4. The van der Waals surface area contributed by atoms with Crippen LogP contribution in [0, 0.1) is 17.1 Å². The molecule has 0 spiro atoms. The zero-order chi connectivity index (χ0) is 24.7. The van der Waals surface area contributed by atoms with Crippen molar-refractivity contribution in [2.45, 2.75) is 38.8 Å². The molecule has 2 atom stereocenters. The van der Waals surface area contributed by atoms with Crippen LogP contribution < -0.4 is 20.7 Å². The highest BCUT2D eigenvalue weighted by atomic mass is 19.1. The van der Waals surface area contributed by atoms with E-state index in [0.717, 1.165) is 12.5 Å². The summed E-state index contributed by atoms with van der Waals surface area (Å²) in [5.74, 6) is -0.454. The molecule has 13 heteroatoms. The van der Waals surface area contributed by atoms with Gasteiger partial charge in [0.25, 0.3) is 0 Å². The van der Waals surface area contributed by atoms with Crippen LogP contribution in [0.25, 0.3) is 5.69 Å². The van der Waals surface area contributed by atoms with Gasteiger partial charge >= 0.3 is 6.09 Å². The molecule has 0 radical (unpaired) electrons. The molecule has 0 fully saturated rings. The average Bonchev–Trinajstić information content (AvgIpc) is 3.35. The smallest absolute Gasteiger partial charge is 0.404 e. The molecule has 0 aliphatic carbocycles. The van der Waals surface area contributed by atoms with Crippen molar-refractivity contribution in [2.75, 3.05) is 17.7 Å². The van der Waals surface area contributed by atoms with Gasteiger partial charge in [0.2, 0.25) is 5.88 Å². The van der Waals surface area contributed by atoms with Gasteiger partial charge in [0.05, 0.1) is 37.0 Å². The summed E-state index contributed by atoms with van der Waals surface area (Å²) in [6.45, 7) is 3.61. The van der Waals surface area contributed by atoms with Gasteiger partial charge < -0.3 is 25.8 Å². The summed E-state index contributed by atoms with van der Waals surface area (Å²) in [7, 11) is 1.47. The van der Waals surface area contributed by atoms with Gasteiger partial charge in [-0.1, -0.05) is 18.6 Å². The lowest BCUT2D eigenvalue weighted by Gasteiger charge is -2.25. The molecule has 178 valence electrons. The quantitative estimate of drug-likeness (QED) is 0.347. The van der Waals surface area contributed by atoms with E-state index in [9.17, 15) is 14.4 Å². The number of pyridine rings is 2. The van der Waals surface area contributed by atoms with Crippen LogP contribution in [0.5, 0.6) is 5.88 Å². The van der Waals surface area contributed by atoms with Gasteiger partial charge in [-0.2, -0.15) is 5.26 Å². The van der Waals surface area contributed by atoms with E-state index in [1.165, 1.54) is 24.2 Å². The molecule has 0 saturated carbocycles. The molecular weight excluding hydrogens is 445 g/mol. The highest BCUT2D eigenvalue weighted by Gasteiger charge is 2.22. The molecule has 0 aliphatic rings. The van der Waals surface area contributed by atoms with Crippen LogP contribution in [0.2, 0.25) is 0 Å². The van der Waals surface area contributed by atoms with Crippen molar-refractivity contribution in [1.82, 2.24) is 30.3 Å². The summed E-state index contributed by atoms with van der Waals surface area (Å²) in [5.41, 5.74) is 0.907. The lowest BCUT2D eigenvalue weighted by atomic mass is 10.0. The number of hydrogen-bond acceptors (Lipinski definition) is 9. The maximum atomic E-state index is 14.7. The first kappa shape index (κ1) is 24.2. The zero-order valence-corrected chi connectivity index (χ0v) is 18.8. The van der Waals surface area contributed by atoms with Gasteiger partial charge in [0.1, 0.15) is 11.8 Å². The van der Waals surface area contributed by atoms with Crippen molar-refractivity contribution in [3.8, 4) is 17.6 Å². The van der Waals surface area contributed by atoms with Crippen LogP contribution in [0.1, 0.15) is 32.3 Å². The van der Waals surface area contributed by atoms with Crippen molar-refractivity contribution >= 4 is 23.4 Å². The van der Waals surface area contributed by atoms with Gasteiger partial charge in [0, 0.05) is 12.1 Å². The number of amides is 1. The molecule has 0 saturated heterocycles. The van der Waals surface area contributed by atoms with Crippen LogP contribution >= 0.6 is 0 Å². The van der Waals surface area contributed by atoms with Crippen molar-refractivity contribution < 1.29 is 19.0 Å². The molecule has 3 rings (SSSR count). The van der Waals surface area contributed by atoms with E-state index < -0.39 is 24.0 Å². The minimum absolute atomic E-state index is 0.0232. The summed E-state index contributed by atoms with van der Waals surface area (Å²) < 4.78 is 21.5. The van der Waals surface area contributed by atoms with Crippen LogP contribution in [0.3, 0.4) is 0 Å². The van der Waals surface area contributed by atoms with Gasteiger partial charge in [-0.25, -0.2) is 23.8 Å². The van der Waals surface area contributed by atoms with E-state index in [4.69, 9.17) is 9.84 Å². The molecule has 34 heavy (non-hydrogen) atoms. The predicted octanol–water partition coefficient (Wildman–Crippen LogP) is 3.06. The highest BCUT2D eigenvalue weighted by molar-refractivity contribution is 5.67. The largest absolute Gasteiger partial charge is 0.479 e. The number of carboxylic acid groups (broad SMARTS) is 1. The normalized spacial score (nSPS) is 12.3. The molecule has 0 unspecified atom stereocenters. The Morgan fingerprint density at radius 3 is 2.79 bits per heavy atom. The molecule has 3 aromatic rings. The lowest BCUT2D eigenvalue weighted by molar-refractivity contribution is 0.189. The maximum Gasteiger partial charge on any atom is 0.404 e. The summed E-state index contributed by atoms with van der Waals surface area (Å²) in [5, 5.41) is 34.6. The van der Waals surface area contributed by atoms with Gasteiger partial charge in [-0.05, 0) is 25.5 Å². The number of nitriles is 1. The topological polar surface area (TPSA) is 163 Å². The molecule has 0 bridgehead atoms. The van der Waals surface area contributed by atoms with E-state index in [-0.39, 0.29) is 17.2 Å². The third kappa shape index (κ3) is 5.66. The van der Waals surface area contributed by atoms with Crippen LogP contribution in [-0.4, -0.2) is 55.4 Å². The Bertz CT molecular complexity index is 1180. The van der Waals surface area contributed by atoms with E-state index in [1.807, 2.05) is 13.0 Å². The number of aromatic nitrogens is 5. The summed E-state index contributed by atoms with van der Waals surface area (Å²) in [4.78, 5) is 19.5. The predicted molar refractivity (Wildman–Crippen MR) is 121 cm³/mol. The monoisotopic (exact) mass is 469 g/mol. The Morgan fingerprint density at radius 1 is 1.38 bits per heavy atom. The van der Waals surface area contributed by atoms with Crippen molar-refractivity contribution in [3.63, 3.8) is 0 Å². The fraction of sp³-hybridized carbons (Fsp3) is 0.333. The molecule has 1 amide bonds. The third-order valence-electron chi connectivity index (χ3n) is 4.93. The number of halogens is 1. The first-order chi connectivity index (χ1) is 16.4. The molecule has 3 heterocycles. The Labute approximate surface area is 194 Å². The first-order valence-electron chi connectivity index (χ1n) is 10.4. The van der Waals surface area contributed by atoms with Gasteiger partial charge in [-0.3, -0.25) is 0 Å². The number of nitrogens with zero attached hydrogens (tertiary/aromatic N) is 6. The summed E-state index contributed by atoms with van der Waals surface area (Å²) in [6, 6.07) is 3.71. The molecule has 0 aliphatic heterocycles. The third-order valence-corrected chi connectivity index (χ3v) is 4.93.